The van der Waals surface area contributed by atoms with Crippen LogP contribution in [-0.2, 0) is 24.3 Å². The highest BCUT2D eigenvalue weighted by atomic mass is 16.3. The Morgan fingerprint density at radius 2 is 1.57 bits per heavy atom. The molecule has 1 unspecified atom stereocenters. The van der Waals surface area contributed by atoms with Crippen molar-refractivity contribution in [1.82, 2.24) is 19.8 Å². The Bertz CT molecular complexity index is 1060. The van der Waals surface area contributed by atoms with Crippen LogP contribution in [0, 0.1) is 0 Å². The zero-order valence-electron chi connectivity index (χ0n) is 25.1. The normalized spacial score (nSPS) is 11.5. The summed E-state index contributed by atoms with van der Waals surface area (Å²) in [6, 6.07) is 20.3. The zero-order chi connectivity index (χ0) is 31.0. The van der Waals surface area contributed by atoms with E-state index >= 15 is 0 Å². The Morgan fingerprint density at radius 3 is 2.05 bits per heavy atom. The first kappa shape index (κ1) is 36.2. The maximum Gasteiger partial charge on any atom is 0.209 e. The first-order valence-corrected chi connectivity index (χ1v) is 14.1. The minimum atomic E-state index is -0.605. The average molecular weight is 581 g/mol. The number of carbonyl (C=O) groups excluding carboxylic acids is 1. The molecule has 42 heavy (non-hydrogen) atoms. The zero-order valence-corrected chi connectivity index (χ0v) is 25.1. The van der Waals surface area contributed by atoms with E-state index in [1.165, 1.54) is 5.56 Å². The molecular weight excluding hydrogens is 532 g/mol. The van der Waals surface area contributed by atoms with E-state index < -0.39 is 6.10 Å². The maximum absolute atomic E-state index is 10.1. The number of unbranched alkanes of at least 4 members (excludes halogenated alkanes) is 1. The van der Waals surface area contributed by atoms with Crippen LogP contribution in [0.25, 0.3) is 0 Å². The lowest BCUT2D eigenvalue weighted by molar-refractivity contribution is -0.117. The number of aryl methyl sites for hydroxylation is 1. The number of aliphatic hydroxyl groups excluding tert-OH is 3. The molecule has 1 aromatic carbocycles. The third-order valence-corrected chi connectivity index (χ3v) is 6.10. The van der Waals surface area contributed by atoms with Crippen LogP contribution in [0.4, 0.5) is 5.69 Å². The average Bonchev–Trinajstić information content (AvgIpc) is 3.04. The van der Waals surface area contributed by atoms with Gasteiger partial charge in [0, 0.05) is 70.3 Å². The van der Waals surface area contributed by atoms with Crippen LogP contribution in [0.1, 0.15) is 43.1 Å². The molecule has 0 saturated heterocycles. The van der Waals surface area contributed by atoms with E-state index in [9.17, 15) is 4.79 Å². The molecule has 6 N–H and O–H groups in total. The summed E-state index contributed by atoms with van der Waals surface area (Å²) in [6.07, 6.45) is 9.01. The number of aromatic nitrogens is 2. The summed E-state index contributed by atoms with van der Waals surface area (Å²) in [5.41, 5.74) is 11.4. The number of anilines is 1. The van der Waals surface area contributed by atoms with Gasteiger partial charge in [-0.2, -0.15) is 0 Å². The number of nitrogens with one attached hydrogen (secondary N) is 1. The Kier molecular flexibility index (Phi) is 19.7. The van der Waals surface area contributed by atoms with Gasteiger partial charge in [0.2, 0.25) is 6.41 Å². The highest BCUT2D eigenvalue weighted by Gasteiger charge is 2.10. The fourth-order valence-corrected chi connectivity index (χ4v) is 3.81. The summed E-state index contributed by atoms with van der Waals surface area (Å²) in [4.78, 5) is 22.8. The summed E-state index contributed by atoms with van der Waals surface area (Å²) in [5.74, 6) is 0. The van der Waals surface area contributed by atoms with Crippen molar-refractivity contribution in [3.8, 4) is 0 Å². The van der Waals surface area contributed by atoms with Gasteiger partial charge in [-0.25, -0.2) is 0 Å². The maximum atomic E-state index is 10.1. The molecule has 0 radical (unpaired) electrons. The predicted molar refractivity (Wildman–Crippen MR) is 168 cm³/mol. The molecule has 0 bridgehead atoms. The van der Waals surface area contributed by atoms with Gasteiger partial charge in [-0.05, 0) is 67.6 Å². The van der Waals surface area contributed by atoms with Gasteiger partial charge in [0.1, 0.15) is 0 Å². The molecule has 10 heteroatoms. The summed E-state index contributed by atoms with van der Waals surface area (Å²) < 4.78 is 0. The standard InChI is InChI=1S/C23H27N5.C8H17NO3.CH4O/c1-2-19-9-11-21(12-10-19)27-15-20(24)16-28(17-22-7-3-5-13-25-22)18-23-8-4-6-14-26-23;1-9(7-11)5-3-2-4-8(12)6-10;1-2/h3-15,27H,2,16-18,24H2,1H3;7-8,10,12H,2-6H2,1H3;2H,1H3/b20-15-;;. The van der Waals surface area contributed by atoms with Crippen molar-refractivity contribution in [2.45, 2.75) is 51.8 Å². The van der Waals surface area contributed by atoms with Crippen LogP contribution in [0.2, 0.25) is 0 Å². The largest absolute Gasteiger partial charge is 0.400 e. The van der Waals surface area contributed by atoms with Crippen LogP contribution in [0.15, 0.2) is 85.0 Å². The van der Waals surface area contributed by atoms with Crippen LogP contribution in [-0.4, -0.2) is 81.5 Å². The van der Waals surface area contributed by atoms with Gasteiger partial charge < -0.3 is 31.3 Å². The second kappa shape index (κ2) is 22.8. The highest BCUT2D eigenvalue weighted by molar-refractivity contribution is 5.47. The van der Waals surface area contributed by atoms with Gasteiger partial charge in [-0.15, -0.1) is 0 Å². The molecule has 230 valence electrons. The lowest BCUT2D eigenvalue weighted by Crippen LogP contribution is -2.28. The van der Waals surface area contributed by atoms with E-state index in [4.69, 9.17) is 21.1 Å². The third-order valence-electron chi connectivity index (χ3n) is 6.10. The second-order valence-electron chi connectivity index (χ2n) is 9.62. The first-order valence-electron chi connectivity index (χ1n) is 14.1. The van der Waals surface area contributed by atoms with Crippen LogP contribution < -0.4 is 11.1 Å². The van der Waals surface area contributed by atoms with Gasteiger partial charge >= 0.3 is 0 Å². The summed E-state index contributed by atoms with van der Waals surface area (Å²) in [5, 5.41) is 27.7. The van der Waals surface area contributed by atoms with E-state index in [-0.39, 0.29) is 6.61 Å². The molecule has 0 aliphatic heterocycles. The number of rotatable bonds is 16. The number of hydrogen-bond donors (Lipinski definition) is 5. The molecule has 1 amide bonds. The molecular formula is C32H48N6O4. The Hall–Kier alpha value is -3.83. The van der Waals surface area contributed by atoms with Crippen molar-refractivity contribution >= 4 is 12.1 Å². The molecule has 3 rings (SSSR count). The number of pyridine rings is 2. The van der Waals surface area contributed by atoms with E-state index in [1.54, 1.807) is 11.9 Å². The lowest BCUT2D eigenvalue weighted by atomic mass is 10.1. The van der Waals surface area contributed by atoms with Crippen LogP contribution in [0.3, 0.4) is 0 Å². The number of carbonyl (C=O) groups is 1. The monoisotopic (exact) mass is 580 g/mol. The smallest absolute Gasteiger partial charge is 0.209 e. The van der Waals surface area contributed by atoms with Crippen LogP contribution in [0.5, 0.6) is 0 Å². The van der Waals surface area contributed by atoms with Crippen molar-refractivity contribution in [1.29, 1.82) is 0 Å². The third kappa shape index (κ3) is 16.4. The topological polar surface area (TPSA) is 148 Å². The van der Waals surface area contributed by atoms with Gasteiger partial charge in [-0.3, -0.25) is 19.7 Å². The number of benzene rings is 1. The van der Waals surface area contributed by atoms with Crippen LogP contribution >= 0.6 is 0 Å². The molecule has 0 aliphatic carbocycles. The molecule has 10 nitrogen and oxygen atoms in total. The summed E-state index contributed by atoms with van der Waals surface area (Å²) in [7, 11) is 2.72. The van der Waals surface area contributed by atoms with Gasteiger partial charge in [0.25, 0.3) is 0 Å². The minimum Gasteiger partial charge on any atom is -0.400 e. The van der Waals surface area contributed by atoms with Crippen molar-refractivity contribution in [3.63, 3.8) is 0 Å². The van der Waals surface area contributed by atoms with Gasteiger partial charge in [0.15, 0.2) is 0 Å². The van der Waals surface area contributed by atoms with E-state index in [0.717, 1.165) is 55.6 Å². The summed E-state index contributed by atoms with van der Waals surface area (Å²) >= 11 is 0. The Morgan fingerprint density at radius 1 is 0.976 bits per heavy atom. The van der Waals surface area contributed by atoms with Crippen molar-refractivity contribution < 1.29 is 20.1 Å². The molecule has 2 aromatic heterocycles. The molecule has 3 aromatic rings. The fourth-order valence-electron chi connectivity index (χ4n) is 3.81. The number of nitrogens with zero attached hydrogens (tertiary/aromatic N) is 4. The SMILES string of the molecule is CCc1ccc(N/C=C(\N)CN(Cc2ccccn2)Cc2ccccn2)cc1.CN(C=O)CCCCC(O)CO.CO. The molecule has 0 saturated carbocycles. The fraction of sp³-hybridized carbons (Fsp3) is 0.406. The van der Waals surface area contributed by atoms with Crippen molar-refractivity contribution in [2.24, 2.45) is 5.73 Å². The summed E-state index contributed by atoms with van der Waals surface area (Å²) in [6.45, 7) is 4.71. The molecule has 2 heterocycles. The lowest BCUT2D eigenvalue weighted by Gasteiger charge is -2.22. The number of aliphatic hydroxyl groups is 3. The molecule has 0 fully saturated rings. The minimum absolute atomic E-state index is 0.177. The number of nitrogens with two attached hydrogens (primary N) is 1. The van der Waals surface area contributed by atoms with Crippen molar-refractivity contribution in [3.05, 3.63) is 102 Å². The van der Waals surface area contributed by atoms with E-state index in [1.807, 2.05) is 55.0 Å². The predicted octanol–water partition coefficient (Wildman–Crippen LogP) is 3.16. The number of hydrogen-bond acceptors (Lipinski definition) is 9. The number of amides is 1. The molecule has 0 aliphatic rings. The van der Waals surface area contributed by atoms with Gasteiger partial charge in [0.05, 0.1) is 24.1 Å². The molecule has 1 atom stereocenters. The Balaban J connectivity index is 0.000000532. The quantitative estimate of drug-likeness (QED) is 0.127. The van der Waals surface area contributed by atoms with Gasteiger partial charge in [-0.1, -0.05) is 31.2 Å². The molecule has 0 spiro atoms. The highest BCUT2D eigenvalue weighted by Crippen LogP contribution is 2.12. The van der Waals surface area contributed by atoms with E-state index in [0.29, 0.717) is 32.6 Å². The van der Waals surface area contributed by atoms with E-state index in [2.05, 4.69) is 51.4 Å². The Labute approximate surface area is 250 Å². The second-order valence-corrected chi connectivity index (χ2v) is 9.62. The first-order chi connectivity index (χ1) is 20.4. The van der Waals surface area contributed by atoms with Crippen molar-refractivity contribution in [2.75, 3.05) is 39.2 Å².